The van der Waals surface area contributed by atoms with Gasteiger partial charge < -0.3 is 15.0 Å². The zero-order valence-corrected chi connectivity index (χ0v) is 13.0. The molecule has 2 heterocycles. The van der Waals surface area contributed by atoms with Crippen LogP contribution in [0, 0.1) is 0 Å². The molecule has 0 aromatic carbocycles. The Morgan fingerprint density at radius 2 is 2.14 bits per heavy atom. The van der Waals surface area contributed by atoms with E-state index in [-0.39, 0.29) is 12.0 Å². The minimum Gasteiger partial charge on any atom is -0.370 e. The van der Waals surface area contributed by atoms with Crippen LogP contribution < -0.4 is 10.2 Å². The highest BCUT2D eigenvalue weighted by Gasteiger charge is 2.23. The molecule has 5 nitrogen and oxygen atoms in total. The van der Waals surface area contributed by atoms with Gasteiger partial charge in [-0.15, -0.1) is 0 Å². The van der Waals surface area contributed by atoms with E-state index in [4.69, 9.17) is 4.74 Å². The lowest BCUT2D eigenvalue weighted by atomic mass is 10.2. The van der Waals surface area contributed by atoms with Crippen molar-refractivity contribution in [3.05, 3.63) is 18.3 Å². The van der Waals surface area contributed by atoms with E-state index >= 15 is 0 Å². The fourth-order valence-electron chi connectivity index (χ4n) is 2.55. The summed E-state index contributed by atoms with van der Waals surface area (Å²) in [6, 6.07) is 3.88. The highest BCUT2D eigenvalue weighted by atomic mass is 16.5. The highest BCUT2D eigenvalue weighted by Crippen LogP contribution is 2.18. The Morgan fingerprint density at radius 1 is 1.38 bits per heavy atom. The van der Waals surface area contributed by atoms with Gasteiger partial charge in [-0.25, -0.2) is 4.98 Å². The van der Waals surface area contributed by atoms with Crippen LogP contribution in [0.1, 0.15) is 39.5 Å². The van der Waals surface area contributed by atoms with E-state index in [0.717, 1.165) is 44.5 Å². The average molecular weight is 291 g/mol. The molecule has 1 aromatic heterocycles. The van der Waals surface area contributed by atoms with E-state index in [2.05, 4.69) is 29.0 Å². The predicted octanol–water partition coefficient (Wildman–Crippen LogP) is 2.83. The molecule has 0 radical (unpaired) electrons. The lowest BCUT2D eigenvalue weighted by Crippen LogP contribution is -2.27. The van der Waals surface area contributed by atoms with Gasteiger partial charge >= 0.3 is 0 Å². The Kier molecular flexibility index (Phi) is 5.99. The molecule has 0 saturated carbocycles. The maximum Gasteiger partial charge on any atom is 0.254 e. The molecule has 5 heteroatoms. The van der Waals surface area contributed by atoms with E-state index in [9.17, 15) is 4.79 Å². The number of ether oxygens (including phenoxy) is 1. The third-order valence-electron chi connectivity index (χ3n) is 3.57. The molecule has 21 heavy (non-hydrogen) atoms. The fourth-order valence-corrected chi connectivity index (χ4v) is 2.55. The van der Waals surface area contributed by atoms with Gasteiger partial charge in [-0.05, 0) is 37.8 Å². The number of hydrogen-bond donors (Lipinski definition) is 1. The number of pyridine rings is 1. The molecule has 1 atom stereocenters. The molecular weight excluding hydrogens is 266 g/mol. The van der Waals surface area contributed by atoms with Crippen molar-refractivity contribution in [2.24, 2.45) is 0 Å². The van der Waals surface area contributed by atoms with Crippen LogP contribution in [-0.4, -0.2) is 36.7 Å². The SMILES string of the molecule is CCCN(CCC)c1ccc(NC(=O)C2CCCO2)nc1. The summed E-state index contributed by atoms with van der Waals surface area (Å²) in [5, 5.41) is 2.82. The summed E-state index contributed by atoms with van der Waals surface area (Å²) in [4.78, 5) is 18.6. The first kappa shape index (κ1) is 15.8. The van der Waals surface area contributed by atoms with Gasteiger partial charge in [0.25, 0.3) is 5.91 Å². The van der Waals surface area contributed by atoms with E-state index < -0.39 is 0 Å². The minimum atomic E-state index is -0.317. The van der Waals surface area contributed by atoms with Crippen LogP contribution in [0.15, 0.2) is 18.3 Å². The fraction of sp³-hybridized carbons (Fsp3) is 0.625. The Labute approximate surface area is 126 Å². The number of carbonyl (C=O) groups is 1. The normalized spacial score (nSPS) is 17.7. The number of anilines is 2. The Morgan fingerprint density at radius 3 is 2.67 bits per heavy atom. The minimum absolute atomic E-state index is 0.0910. The van der Waals surface area contributed by atoms with Gasteiger partial charge in [-0.1, -0.05) is 13.8 Å². The van der Waals surface area contributed by atoms with Crippen LogP contribution in [0.5, 0.6) is 0 Å². The van der Waals surface area contributed by atoms with Crippen molar-refractivity contribution in [2.45, 2.75) is 45.6 Å². The zero-order valence-electron chi connectivity index (χ0n) is 13.0. The number of amides is 1. The highest BCUT2D eigenvalue weighted by molar-refractivity contribution is 5.93. The van der Waals surface area contributed by atoms with E-state index in [1.807, 2.05) is 18.3 Å². The quantitative estimate of drug-likeness (QED) is 0.839. The third kappa shape index (κ3) is 4.43. The van der Waals surface area contributed by atoms with Gasteiger partial charge in [0.1, 0.15) is 11.9 Å². The number of carbonyl (C=O) groups excluding carboxylic acids is 1. The second-order valence-electron chi connectivity index (χ2n) is 5.38. The molecule has 0 spiro atoms. The molecule has 2 rings (SSSR count). The van der Waals surface area contributed by atoms with Crippen molar-refractivity contribution in [2.75, 3.05) is 29.9 Å². The predicted molar refractivity (Wildman–Crippen MR) is 84.6 cm³/mol. The van der Waals surface area contributed by atoms with Gasteiger partial charge in [0.15, 0.2) is 0 Å². The summed E-state index contributed by atoms with van der Waals surface area (Å²) in [5.74, 6) is 0.499. The molecule has 1 amide bonds. The molecule has 1 saturated heterocycles. The van der Waals surface area contributed by atoms with Gasteiger partial charge in [0, 0.05) is 19.7 Å². The molecule has 1 fully saturated rings. The smallest absolute Gasteiger partial charge is 0.254 e. The van der Waals surface area contributed by atoms with Gasteiger partial charge in [0.2, 0.25) is 0 Å². The first-order chi connectivity index (χ1) is 10.2. The van der Waals surface area contributed by atoms with Gasteiger partial charge in [-0.3, -0.25) is 4.79 Å². The lowest BCUT2D eigenvalue weighted by Gasteiger charge is -2.23. The molecule has 1 aliphatic heterocycles. The lowest BCUT2D eigenvalue weighted by molar-refractivity contribution is -0.124. The van der Waals surface area contributed by atoms with Crippen LogP contribution >= 0.6 is 0 Å². The van der Waals surface area contributed by atoms with E-state index in [0.29, 0.717) is 12.4 Å². The van der Waals surface area contributed by atoms with Crippen molar-refractivity contribution in [3.8, 4) is 0 Å². The maximum atomic E-state index is 12.0. The molecule has 1 aliphatic rings. The topological polar surface area (TPSA) is 54.5 Å². The summed E-state index contributed by atoms with van der Waals surface area (Å²) in [6.45, 7) is 7.07. The monoisotopic (exact) mass is 291 g/mol. The average Bonchev–Trinajstić information content (AvgIpc) is 3.02. The third-order valence-corrected chi connectivity index (χ3v) is 3.57. The largest absolute Gasteiger partial charge is 0.370 e. The number of nitrogens with one attached hydrogen (secondary N) is 1. The second kappa shape index (κ2) is 7.98. The maximum absolute atomic E-state index is 12.0. The molecule has 0 aliphatic carbocycles. The number of hydrogen-bond acceptors (Lipinski definition) is 4. The standard InChI is InChI=1S/C16H25N3O2/c1-3-9-19(10-4-2)13-7-8-15(17-12-13)18-16(20)14-6-5-11-21-14/h7-8,12,14H,3-6,9-11H2,1-2H3,(H,17,18,20). The second-order valence-corrected chi connectivity index (χ2v) is 5.38. The van der Waals surface area contributed by atoms with Crippen LogP contribution in [0.25, 0.3) is 0 Å². The van der Waals surface area contributed by atoms with Crippen molar-refractivity contribution in [1.29, 1.82) is 0 Å². The number of rotatable bonds is 7. The molecule has 0 bridgehead atoms. The summed E-state index contributed by atoms with van der Waals surface area (Å²) in [7, 11) is 0. The first-order valence-electron chi connectivity index (χ1n) is 7.88. The Balaban J connectivity index is 1.95. The summed E-state index contributed by atoms with van der Waals surface area (Å²) in [5.41, 5.74) is 1.11. The Bertz CT molecular complexity index is 435. The number of nitrogens with zero attached hydrogens (tertiary/aromatic N) is 2. The van der Waals surface area contributed by atoms with E-state index in [1.54, 1.807) is 0 Å². The van der Waals surface area contributed by atoms with Crippen molar-refractivity contribution in [3.63, 3.8) is 0 Å². The molecule has 1 N–H and O–H groups in total. The van der Waals surface area contributed by atoms with Crippen LogP contribution in [0.4, 0.5) is 11.5 Å². The van der Waals surface area contributed by atoms with E-state index in [1.165, 1.54) is 0 Å². The van der Waals surface area contributed by atoms with Crippen LogP contribution in [0.3, 0.4) is 0 Å². The van der Waals surface area contributed by atoms with Gasteiger partial charge in [-0.2, -0.15) is 0 Å². The molecule has 116 valence electrons. The van der Waals surface area contributed by atoms with Gasteiger partial charge in [0.05, 0.1) is 11.9 Å². The first-order valence-corrected chi connectivity index (χ1v) is 7.88. The van der Waals surface area contributed by atoms with Crippen molar-refractivity contribution < 1.29 is 9.53 Å². The van der Waals surface area contributed by atoms with Crippen LogP contribution in [0.2, 0.25) is 0 Å². The molecule has 1 unspecified atom stereocenters. The Hall–Kier alpha value is -1.62. The molecule has 1 aromatic rings. The molecular formula is C16H25N3O2. The summed E-state index contributed by atoms with van der Waals surface area (Å²) < 4.78 is 5.36. The van der Waals surface area contributed by atoms with Crippen molar-refractivity contribution >= 4 is 17.4 Å². The van der Waals surface area contributed by atoms with Crippen LogP contribution in [-0.2, 0) is 9.53 Å². The van der Waals surface area contributed by atoms with Crippen molar-refractivity contribution in [1.82, 2.24) is 4.98 Å². The summed E-state index contributed by atoms with van der Waals surface area (Å²) >= 11 is 0. The zero-order chi connectivity index (χ0) is 15.1. The number of aromatic nitrogens is 1. The summed E-state index contributed by atoms with van der Waals surface area (Å²) in [6.07, 6.45) is 5.48.